The van der Waals surface area contributed by atoms with Crippen molar-refractivity contribution in [3.63, 3.8) is 0 Å². The number of methoxy groups -OCH3 is 1. The summed E-state index contributed by atoms with van der Waals surface area (Å²) in [6, 6.07) is 11.7. The molecular weight excluding hydrogens is 514 g/mol. The van der Waals surface area contributed by atoms with E-state index in [0.717, 1.165) is 18.2 Å². The highest BCUT2D eigenvalue weighted by molar-refractivity contribution is 7.92. The van der Waals surface area contributed by atoms with Gasteiger partial charge in [-0.1, -0.05) is 36.7 Å². The summed E-state index contributed by atoms with van der Waals surface area (Å²) in [5, 5.41) is 3.41. The second-order valence-corrected chi connectivity index (χ2v) is 11.5. The predicted octanol–water partition coefficient (Wildman–Crippen LogP) is 4.54. The summed E-state index contributed by atoms with van der Waals surface area (Å²) in [5.74, 6) is 0.226. The Morgan fingerprint density at radius 2 is 1.76 bits per heavy atom. The third kappa shape index (κ3) is 8.64. The van der Waals surface area contributed by atoms with Crippen LogP contribution >= 0.6 is 11.6 Å². The van der Waals surface area contributed by atoms with E-state index >= 15 is 0 Å². The van der Waals surface area contributed by atoms with E-state index in [1.165, 1.54) is 9.21 Å². The third-order valence-electron chi connectivity index (χ3n) is 6.34. The monoisotopic (exact) mass is 551 g/mol. The van der Waals surface area contributed by atoms with Crippen molar-refractivity contribution in [2.75, 3.05) is 24.2 Å². The third-order valence-corrected chi connectivity index (χ3v) is 7.93. The van der Waals surface area contributed by atoms with Crippen LogP contribution in [-0.2, 0) is 26.2 Å². The number of anilines is 1. The molecule has 0 fully saturated rings. The minimum absolute atomic E-state index is 0.0165. The molecule has 0 aliphatic heterocycles. The van der Waals surface area contributed by atoms with Crippen LogP contribution < -0.4 is 14.4 Å². The Labute approximate surface area is 226 Å². The first kappa shape index (κ1) is 30.4. The highest BCUT2D eigenvalue weighted by atomic mass is 35.5. The largest absolute Gasteiger partial charge is 0.497 e. The van der Waals surface area contributed by atoms with Gasteiger partial charge in [0.1, 0.15) is 11.8 Å². The lowest BCUT2D eigenvalue weighted by molar-refractivity contribution is -0.140. The zero-order valence-electron chi connectivity index (χ0n) is 22.5. The zero-order chi connectivity index (χ0) is 27.8. The maximum atomic E-state index is 13.4. The minimum Gasteiger partial charge on any atom is -0.497 e. The molecule has 0 bridgehead atoms. The van der Waals surface area contributed by atoms with Gasteiger partial charge in [0.15, 0.2) is 0 Å². The maximum absolute atomic E-state index is 13.4. The Morgan fingerprint density at radius 3 is 2.32 bits per heavy atom. The van der Waals surface area contributed by atoms with Gasteiger partial charge in [0, 0.05) is 30.6 Å². The van der Waals surface area contributed by atoms with Gasteiger partial charge >= 0.3 is 0 Å². The second kappa shape index (κ2) is 13.7. The fourth-order valence-corrected chi connectivity index (χ4v) is 5.01. The summed E-state index contributed by atoms with van der Waals surface area (Å²) < 4.78 is 31.6. The summed E-state index contributed by atoms with van der Waals surface area (Å²) in [7, 11) is -2.02. The molecule has 2 aromatic carbocycles. The van der Waals surface area contributed by atoms with E-state index in [-0.39, 0.29) is 43.8 Å². The first-order chi connectivity index (χ1) is 17.4. The van der Waals surface area contributed by atoms with E-state index in [0.29, 0.717) is 22.0 Å². The Balaban J connectivity index is 2.21. The van der Waals surface area contributed by atoms with Crippen molar-refractivity contribution in [3.05, 3.63) is 58.6 Å². The molecule has 0 aromatic heterocycles. The smallest absolute Gasteiger partial charge is 0.242 e. The van der Waals surface area contributed by atoms with Crippen LogP contribution in [0.3, 0.4) is 0 Å². The first-order valence-corrected chi connectivity index (χ1v) is 14.6. The van der Waals surface area contributed by atoms with Gasteiger partial charge in [-0.25, -0.2) is 8.42 Å². The molecule has 0 aliphatic carbocycles. The lowest BCUT2D eigenvalue weighted by atomic mass is 10.1. The van der Waals surface area contributed by atoms with Gasteiger partial charge in [0.25, 0.3) is 0 Å². The number of nitrogens with one attached hydrogen (secondary N) is 1. The SMILES string of the molecule is CC[C@H](C)NC(=O)[C@@H](C)N(Cc1ccc(OC)cc1)C(=O)CCCN(c1cccc(Cl)c1C)S(C)(=O)=O. The number of rotatable bonds is 13. The van der Waals surface area contributed by atoms with Crippen LogP contribution in [-0.4, -0.2) is 57.1 Å². The lowest BCUT2D eigenvalue weighted by Crippen LogP contribution is -2.49. The number of hydrogen-bond donors (Lipinski definition) is 1. The van der Waals surface area contributed by atoms with Crippen LogP contribution in [0, 0.1) is 6.92 Å². The summed E-state index contributed by atoms with van der Waals surface area (Å²) in [6.45, 7) is 7.70. The van der Waals surface area contributed by atoms with Gasteiger partial charge < -0.3 is 15.0 Å². The number of carbonyl (C=O) groups excluding carboxylic acids is 2. The fourth-order valence-electron chi connectivity index (χ4n) is 3.82. The quantitative estimate of drug-likeness (QED) is 0.394. The number of hydrogen-bond acceptors (Lipinski definition) is 5. The van der Waals surface area contributed by atoms with Crippen molar-refractivity contribution in [2.45, 2.75) is 65.6 Å². The predicted molar refractivity (Wildman–Crippen MR) is 149 cm³/mol. The number of nitrogens with zero attached hydrogens (tertiary/aromatic N) is 2. The van der Waals surface area contributed by atoms with Crippen molar-refractivity contribution in [1.29, 1.82) is 0 Å². The molecule has 2 aromatic rings. The molecule has 0 heterocycles. The molecule has 204 valence electrons. The van der Waals surface area contributed by atoms with Gasteiger partial charge in [-0.05, 0) is 69.0 Å². The number of halogens is 1. The lowest BCUT2D eigenvalue weighted by Gasteiger charge is -2.30. The number of carbonyl (C=O) groups is 2. The number of benzene rings is 2. The number of amides is 2. The van der Waals surface area contributed by atoms with Crippen LogP contribution in [0.15, 0.2) is 42.5 Å². The molecule has 1 N–H and O–H groups in total. The van der Waals surface area contributed by atoms with Gasteiger partial charge in [0.05, 0.1) is 19.1 Å². The van der Waals surface area contributed by atoms with E-state index in [4.69, 9.17) is 16.3 Å². The molecular formula is C27H38ClN3O5S. The van der Waals surface area contributed by atoms with E-state index in [2.05, 4.69) is 5.32 Å². The standard InChI is InChI=1S/C27H38ClN3O5S/c1-7-19(2)29-27(33)21(4)30(18-22-13-15-23(36-5)16-14-22)26(32)12-9-17-31(37(6,34)35)25-11-8-10-24(28)20(25)3/h8,10-11,13-16,19,21H,7,9,12,17-18H2,1-6H3,(H,29,33)/t19-,21+/m0/s1. The van der Waals surface area contributed by atoms with Crippen LogP contribution in [0.4, 0.5) is 5.69 Å². The van der Waals surface area contributed by atoms with Crippen LogP contribution in [0.25, 0.3) is 0 Å². The summed E-state index contributed by atoms with van der Waals surface area (Å²) in [4.78, 5) is 27.8. The molecule has 2 amide bonds. The fraction of sp³-hybridized carbons (Fsp3) is 0.481. The summed E-state index contributed by atoms with van der Waals surface area (Å²) >= 11 is 6.21. The molecule has 10 heteroatoms. The zero-order valence-corrected chi connectivity index (χ0v) is 24.0. The molecule has 0 aliphatic rings. The van der Waals surface area contributed by atoms with Crippen LogP contribution in [0.5, 0.6) is 5.75 Å². The molecule has 2 rings (SSSR count). The molecule has 0 radical (unpaired) electrons. The topological polar surface area (TPSA) is 96.0 Å². The molecule has 0 spiro atoms. The highest BCUT2D eigenvalue weighted by Crippen LogP contribution is 2.28. The molecule has 2 atom stereocenters. The molecule has 8 nitrogen and oxygen atoms in total. The summed E-state index contributed by atoms with van der Waals surface area (Å²) in [6.07, 6.45) is 2.25. The average Bonchev–Trinajstić information content (AvgIpc) is 2.86. The Morgan fingerprint density at radius 1 is 1.11 bits per heavy atom. The van der Waals surface area contributed by atoms with E-state index in [9.17, 15) is 18.0 Å². The highest BCUT2D eigenvalue weighted by Gasteiger charge is 2.27. The average molecular weight is 552 g/mol. The Hall–Kier alpha value is -2.78. The van der Waals surface area contributed by atoms with Crippen molar-refractivity contribution in [2.24, 2.45) is 0 Å². The van der Waals surface area contributed by atoms with Gasteiger partial charge in [-0.2, -0.15) is 0 Å². The van der Waals surface area contributed by atoms with Gasteiger partial charge in [-0.15, -0.1) is 0 Å². The molecule has 0 unspecified atom stereocenters. The maximum Gasteiger partial charge on any atom is 0.242 e. The van der Waals surface area contributed by atoms with Crippen molar-refractivity contribution in [3.8, 4) is 5.75 Å². The first-order valence-electron chi connectivity index (χ1n) is 12.3. The number of ether oxygens (including phenoxy) is 1. The van der Waals surface area contributed by atoms with Gasteiger partial charge in [-0.3, -0.25) is 13.9 Å². The number of sulfonamides is 1. The second-order valence-electron chi connectivity index (χ2n) is 9.19. The summed E-state index contributed by atoms with van der Waals surface area (Å²) in [5.41, 5.74) is 1.99. The van der Waals surface area contributed by atoms with Crippen LogP contribution in [0.2, 0.25) is 5.02 Å². The molecule has 0 saturated carbocycles. The van der Waals surface area contributed by atoms with Crippen molar-refractivity contribution >= 4 is 39.1 Å². The Bertz CT molecular complexity index is 1170. The minimum atomic E-state index is -3.60. The van der Waals surface area contributed by atoms with E-state index < -0.39 is 16.1 Å². The van der Waals surface area contributed by atoms with E-state index in [1.807, 2.05) is 26.0 Å². The van der Waals surface area contributed by atoms with Crippen molar-refractivity contribution in [1.82, 2.24) is 10.2 Å². The van der Waals surface area contributed by atoms with E-state index in [1.54, 1.807) is 51.3 Å². The molecule has 0 saturated heterocycles. The van der Waals surface area contributed by atoms with Crippen LogP contribution in [0.1, 0.15) is 51.2 Å². The van der Waals surface area contributed by atoms with Gasteiger partial charge in [0.2, 0.25) is 21.8 Å². The van der Waals surface area contributed by atoms with Crippen molar-refractivity contribution < 1.29 is 22.7 Å². The normalized spacial score (nSPS) is 12.9. The molecule has 37 heavy (non-hydrogen) atoms. The Kier molecular flexibility index (Phi) is 11.3.